The van der Waals surface area contributed by atoms with Gasteiger partial charge in [-0.1, -0.05) is 6.92 Å². The Bertz CT molecular complexity index is 307. The van der Waals surface area contributed by atoms with E-state index in [1.807, 2.05) is 6.92 Å². The van der Waals surface area contributed by atoms with Crippen LogP contribution in [0.1, 0.15) is 40.0 Å². The maximum absolute atomic E-state index is 12.5. The van der Waals surface area contributed by atoms with Crippen LogP contribution < -0.4 is 5.32 Å². The Hall–Kier alpha value is -1.10. The number of rotatable bonds is 6. The Morgan fingerprint density at radius 3 is 2.68 bits per heavy atom. The average Bonchev–Trinajstić information content (AvgIpc) is 2.37. The van der Waals surface area contributed by atoms with Gasteiger partial charge in [-0.3, -0.25) is 9.59 Å². The molecule has 1 rings (SSSR count). The van der Waals surface area contributed by atoms with Gasteiger partial charge in [-0.15, -0.1) is 0 Å². The van der Waals surface area contributed by atoms with Crippen molar-refractivity contribution in [2.75, 3.05) is 26.2 Å². The summed E-state index contributed by atoms with van der Waals surface area (Å²) < 4.78 is 4.93. The molecule has 0 radical (unpaired) electrons. The lowest BCUT2D eigenvalue weighted by Crippen LogP contribution is -2.46. The molecular weight excluding hydrogens is 244 g/mol. The number of nitrogens with zero attached hydrogens (tertiary/aromatic N) is 1. The zero-order valence-electron chi connectivity index (χ0n) is 12.3. The summed E-state index contributed by atoms with van der Waals surface area (Å²) in [7, 11) is 0. The van der Waals surface area contributed by atoms with E-state index in [0.29, 0.717) is 19.2 Å². The molecule has 1 saturated heterocycles. The fourth-order valence-corrected chi connectivity index (χ4v) is 2.51. The van der Waals surface area contributed by atoms with E-state index in [1.54, 1.807) is 11.8 Å². The highest BCUT2D eigenvalue weighted by atomic mass is 16.5. The summed E-state index contributed by atoms with van der Waals surface area (Å²) in [6, 6.07) is 0.369. The quantitative estimate of drug-likeness (QED) is 0.736. The van der Waals surface area contributed by atoms with Crippen LogP contribution in [0.4, 0.5) is 0 Å². The van der Waals surface area contributed by atoms with E-state index in [0.717, 1.165) is 25.8 Å². The molecule has 19 heavy (non-hydrogen) atoms. The van der Waals surface area contributed by atoms with Crippen molar-refractivity contribution in [3.8, 4) is 0 Å². The second kappa shape index (κ2) is 8.15. The molecular formula is C14H26N2O3. The number of ether oxygens (including phenoxy) is 1. The van der Waals surface area contributed by atoms with Crippen molar-refractivity contribution in [2.45, 2.75) is 46.1 Å². The van der Waals surface area contributed by atoms with Crippen LogP contribution in [0.2, 0.25) is 0 Å². The zero-order valence-corrected chi connectivity index (χ0v) is 12.3. The summed E-state index contributed by atoms with van der Waals surface area (Å²) >= 11 is 0. The van der Waals surface area contributed by atoms with Crippen LogP contribution in [0.5, 0.6) is 0 Å². The van der Waals surface area contributed by atoms with Crippen LogP contribution in [-0.4, -0.2) is 49.1 Å². The number of hydrogen-bond acceptors (Lipinski definition) is 4. The van der Waals surface area contributed by atoms with Crippen LogP contribution >= 0.6 is 0 Å². The second-order valence-corrected chi connectivity index (χ2v) is 5.14. The number of hydrogen-bond donors (Lipinski definition) is 1. The van der Waals surface area contributed by atoms with Gasteiger partial charge in [0.05, 0.1) is 6.61 Å². The SMILES string of the molecule is CCCN(CC(=O)OCC)C(=O)[C@H]1CCN[C@@H](C)C1. The van der Waals surface area contributed by atoms with Gasteiger partial charge in [-0.2, -0.15) is 0 Å². The summed E-state index contributed by atoms with van der Waals surface area (Å²) in [4.78, 5) is 25.7. The normalized spacial score (nSPS) is 22.9. The first-order valence-electron chi connectivity index (χ1n) is 7.26. The highest BCUT2D eigenvalue weighted by Crippen LogP contribution is 2.19. The van der Waals surface area contributed by atoms with Crippen LogP contribution in [-0.2, 0) is 14.3 Å². The minimum atomic E-state index is -0.314. The molecule has 0 bridgehead atoms. The van der Waals surface area contributed by atoms with Gasteiger partial charge >= 0.3 is 5.97 Å². The van der Waals surface area contributed by atoms with Gasteiger partial charge in [-0.05, 0) is 39.7 Å². The van der Waals surface area contributed by atoms with E-state index in [1.165, 1.54) is 0 Å². The molecule has 2 atom stereocenters. The van der Waals surface area contributed by atoms with Gasteiger partial charge in [0.15, 0.2) is 0 Å². The molecule has 110 valence electrons. The first-order valence-corrected chi connectivity index (χ1v) is 7.26. The van der Waals surface area contributed by atoms with E-state index in [4.69, 9.17) is 4.74 Å². The number of piperidine rings is 1. The third-order valence-corrected chi connectivity index (χ3v) is 3.40. The van der Waals surface area contributed by atoms with Crippen molar-refractivity contribution >= 4 is 11.9 Å². The molecule has 1 fully saturated rings. The fourth-order valence-electron chi connectivity index (χ4n) is 2.51. The predicted octanol–water partition coefficient (Wildman–Crippen LogP) is 1.18. The Morgan fingerprint density at radius 2 is 2.11 bits per heavy atom. The number of amides is 1. The minimum Gasteiger partial charge on any atom is -0.465 e. The molecule has 0 aromatic rings. The number of carbonyl (C=O) groups excluding carboxylic acids is 2. The first-order chi connectivity index (χ1) is 9.08. The molecule has 1 heterocycles. The van der Waals surface area contributed by atoms with Crippen molar-refractivity contribution in [3.05, 3.63) is 0 Å². The molecule has 0 aliphatic carbocycles. The molecule has 0 aromatic heterocycles. The van der Waals surface area contributed by atoms with Crippen molar-refractivity contribution in [3.63, 3.8) is 0 Å². The Kier molecular flexibility index (Phi) is 6.84. The minimum absolute atomic E-state index is 0.0391. The second-order valence-electron chi connectivity index (χ2n) is 5.14. The van der Waals surface area contributed by atoms with Gasteiger partial charge in [0.1, 0.15) is 6.54 Å². The zero-order chi connectivity index (χ0) is 14.3. The summed E-state index contributed by atoms with van der Waals surface area (Å²) in [5, 5.41) is 3.34. The Morgan fingerprint density at radius 1 is 1.37 bits per heavy atom. The summed E-state index contributed by atoms with van der Waals surface area (Å²) in [5.41, 5.74) is 0. The summed E-state index contributed by atoms with van der Waals surface area (Å²) in [6.07, 6.45) is 2.56. The van der Waals surface area contributed by atoms with E-state index < -0.39 is 0 Å². The lowest BCUT2D eigenvalue weighted by atomic mass is 9.92. The average molecular weight is 270 g/mol. The van der Waals surface area contributed by atoms with Crippen LogP contribution in [0.15, 0.2) is 0 Å². The highest BCUT2D eigenvalue weighted by Gasteiger charge is 2.29. The topological polar surface area (TPSA) is 58.6 Å². The highest BCUT2D eigenvalue weighted by molar-refractivity contribution is 5.83. The molecule has 1 N–H and O–H groups in total. The molecule has 5 nitrogen and oxygen atoms in total. The maximum atomic E-state index is 12.5. The number of esters is 1. The molecule has 0 unspecified atom stereocenters. The molecule has 0 saturated carbocycles. The van der Waals surface area contributed by atoms with Crippen LogP contribution in [0.3, 0.4) is 0 Å². The van der Waals surface area contributed by atoms with Crippen molar-refractivity contribution < 1.29 is 14.3 Å². The van der Waals surface area contributed by atoms with E-state index in [-0.39, 0.29) is 24.3 Å². The number of carbonyl (C=O) groups is 2. The summed E-state index contributed by atoms with van der Waals surface area (Å²) in [5.74, 6) is -0.174. The molecule has 1 aliphatic heterocycles. The van der Waals surface area contributed by atoms with E-state index in [2.05, 4.69) is 12.2 Å². The molecule has 0 aromatic carbocycles. The Balaban J connectivity index is 2.58. The van der Waals surface area contributed by atoms with Crippen molar-refractivity contribution in [2.24, 2.45) is 5.92 Å². The van der Waals surface area contributed by atoms with Gasteiger partial charge < -0.3 is 15.0 Å². The van der Waals surface area contributed by atoms with Gasteiger partial charge in [0.2, 0.25) is 5.91 Å². The molecule has 1 amide bonds. The van der Waals surface area contributed by atoms with Crippen molar-refractivity contribution in [1.29, 1.82) is 0 Å². The monoisotopic (exact) mass is 270 g/mol. The predicted molar refractivity (Wildman–Crippen MR) is 73.7 cm³/mol. The molecule has 1 aliphatic rings. The molecule has 5 heteroatoms. The third-order valence-electron chi connectivity index (χ3n) is 3.40. The van der Waals surface area contributed by atoms with Gasteiger partial charge in [-0.25, -0.2) is 0 Å². The smallest absolute Gasteiger partial charge is 0.325 e. The standard InChI is InChI=1S/C14H26N2O3/c1-4-8-16(10-13(17)19-5-2)14(18)12-6-7-15-11(3)9-12/h11-12,15H,4-10H2,1-3H3/t11-,12-/m0/s1. The number of nitrogens with one attached hydrogen (secondary N) is 1. The lowest BCUT2D eigenvalue weighted by Gasteiger charge is -2.31. The largest absolute Gasteiger partial charge is 0.465 e. The van der Waals surface area contributed by atoms with E-state index >= 15 is 0 Å². The summed E-state index contributed by atoms with van der Waals surface area (Å²) in [6.45, 7) is 7.81. The third kappa shape index (κ3) is 5.19. The first kappa shape index (κ1) is 16.0. The lowest BCUT2D eigenvalue weighted by molar-refractivity contribution is -0.150. The Labute approximate surface area is 115 Å². The van der Waals surface area contributed by atoms with Gasteiger partial charge in [0.25, 0.3) is 0 Å². The fraction of sp³-hybridized carbons (Fsp3) is 0.857. The maximum Gasteiger partial charge on any atom is 0.325 e. The molecule has 0 spiro atoms. The van der Waals surface area contributed by atoms with Crippen LogP contribution in [0.25, 0.3) is 0 Å². The van der Waals surface area contributed by atoms with Crippen molar-refractivity contribution in [1.82, 2.24) is 10.2 Å². The van der Waals surface area contributed by atoms with Crippen LogP contribution in [0, 0.1) is 5.92 Å². The van der Waals surface area contributed by atoms with Gasteiger partial charge in [0, 0.05) is 18.5 Å². The van der Waals surface area contributed by atoms with E-state index in [9.17, 15) is 9.59 Å².